The molecule has 0 unspecified atom stereocenters. The third-order valence-electron chi connectivity index (χ3n) is 3.10. The lowest BCUT2D eigenvalue weighted by Gasteiger charge is -2.27. The van der Waals surface area contributed by atoms with Crippen LogP contribution in [0.2, 0.25) is 0 Å². The molecule has 1 N–H and O–H groups in total. The van der Waals surface area contributed by atoms with Crippen molar-refractivity contribution in [2.45, 2.75) is 32.6 Å². The zero-order valence-electron chi connectivity index (χ0n) is 11.5. The number of benzene rings is 1. The summed E-state index contributed by atoms with van der Waals surface area (Å²) < 4.78 is 10.7. The summed E-state index contributed by atoms with van der Waals surface area (Å²) in [6, 6.07) is 3.71. The Morgan fingerprint density at radius 2 is 1.89 bits per heavy atom. The highest BCUT2D eigenvalue weighted by molar-refractivity contribution is 5.69. The van der Waals surface area contributed by atoms with Crippen molar-refractivity contribution >= 4 is 5.97 Å². The first-order valence-electron chi connectivity index (χ1n) is 5.77. The molecule has 0 radical (unpaired) electrons. The van der Waals surface area contributed by atoms with Gasteiger partial charge in [-0.25, -0.2) is 0 Å². The van der Waals surface area contributed by atoms with E-state index in [-0.39, 0.29) is 6.42 Å². The van der Waals surface area contributed by atoms with E-state index in [1.165, 1.54) is 0 Å². The fourth-order valence-electron chi connectivity index (χ4n) is 2.16. The average molecular weight is 252 g/mol. The highest BCUT2D eigenvalue weighted by atomic mass is 16.5. The SMILES string of the molecule is COc1ccc(C(C)(C)CC(=O)O)c(OC)c1C. The van der Waals surface area contributed by atoms with Crippen LogP contribution in [0.3, 0.4) is 0 Å². The second kappa shape index (κ2) is 5.29. The van der Waals surface area contributed by atoms with Crippen LogP contribution < -0.4 is 9.47 Å². The van der Waals surface area contributed by atoms with Crippen LogP contribution in [0.15, 0.2) is 12.1 Å². The van der Waals surface area contributed by atoms with E-state index < -0.39 is 11.4 Å². The first-order valence-corrected chi connectivity index (χ1v) is 5.77. The minimum Gasteiger partial charge on any atom is -0.496 e. The maximum absolute atomic E-state index is 10.9. The van der Waals surface area contributed by atoms with E-state index in [4.69, 9.17) is 14.6 Å². The van der Waals surface area contributed by atoms with Gasteiger partial charge in [-0.2, -0.15) is 0 Å². The van der Waals surface area contributed by atoms with Gasteiger partial charge in [0.15, 0.2) is 0 Å². The predicted octanol–water partition coefficient (Wildman–Crippen LogP) is 2.76. The summed E-state index contributed by atoms with van der Waals surface area (Å²) in [6.45, 7) is 5.69. The molecule has 0 aliphatic rings. The normalized spacial score (nSPS) is 11.2. The Labute approximate surface area is 108 Å². The summed E-state index contributed by atoms with van der Waals surface area (Å²) in [5.74, 6) is 0.609. The largest absolute Gasteiger partial charge is 0.496 e. The summed E-state index contributed by atoms with van der Waals surface area (Å²) in [5, 5.41) is 8.98. The van der Waals surface area contributed by atoms with Crippen molar-refractivity contribution in [2.24, 2.45) is 0 Å². The molecule has 0 heterocycles. The number of carboxylic acid groups (broad SMARTS) is 1. The summed E-state index contributed by atoms with van der Waals surface area (Å²) in [5.41, 5.74) is 1.27. The molecule has 100 valence electrons. The first-order chi connectivity index (χ1) is 8.33. The van der Waals surface area contributed by atoms with Crippen LogP contribution in [0.5, 0.6) is 11.5 Å². The number of carboxylic acids is 1. The predicted molar refractivity (Wildman–Crippen MR) is 69.6 cm³/mol. The molecule has 1 aromatic rings. The molecule has 0 aliphatic carbocycles. The van der Waals surface area contributed by atoms with Gasteiger partial charge in [0.05, 0.1) is 20.6 Å². The van der Waals surface area contributed by atoms with Gasteiger partial charge in [-0.1, -0.05) is 19.9 Å². The lowest BCUT2D eigenvalue weighted by Crippen LogP contribution is -2.22. The third kappa shape index (κ3) is 2.75. The topological polar surface area (TPSA) is 55.8 Å². The van der Waals surface area contributed by atoms with Crippen LogP contribution in [-0.2, 0) is 10.2 Å². The molecule has 4 nitrogen and oxygen atoms in total. The Bertz CT molecular complexity index is 449. The van der Waals surface area contributed by atoms with E-state index in [1.807, 2.05) is 32.9 Å². The van der Waals surface area contributed by atoms with Gasteiger partial charge in [-0.05, 0) is 13.0 Å². The fourth-order valence-corrected chi connectivity index (χ4v) is 2.16. The van der Waals surface area contributed by atoms with Crippen molar-refractivity contribution in [1.82, 2.24) is 0 Å². The number of carbonyl (C=O) groups is 1. The quantitative estimate of drug-likeness (QED) is 0.875. The van der Waals surface area contributed by atoms with E-state index in [1.54, 1.807) is 14.2 Å². The summed E-state index contributed by atoms with van der Waals surface area (Å²) in [4.78, 5) is 10.9. The Hall–Kier alpha value is -1.71. The van der Waals surface area contributed by atoms with Gasteiger partial charge in [0, 0.05) is 16.5 Å². The zero-order valence-corrected chi connectivity index (χ0v) is 11.5. The van der Waals surface area contributed by atoms with E-state index >= 15 is 0 Å². The lowest BCUT2D eigenvalue weighted by atomic mass is 9.80. The van der Waals surface area contributed by atoms with Gasteiger partial charge in [0.25, 0.3) is 0 Å². The van der Waals surface area contributed by atoms with E-state index in [0.29, 0.717) is 5.75 Å². The van der Waals surface area contributed by atoms with Gasteiger partial charge in [0.1, 0.15) is 11.5 Å². The fraction of sp³-hybridized carbons (Fsp3) is 0.500. The molecule has 0 aliphatic heterocycles. The van der Waals surface area contributed by atoms with Crippen molar-refractivity contribution in [3.8, 4) is 11.5 Å². The highest BCUT2D eigenvalue weighted by Gasteiger charge is 2.28. The molecule has 4 heteroatoms. The number of methoxy groups -OCH3 is 2. The van der Waals surface area contributed by atoms with Crippen LogP contribution in [0.25, 0.3) is 0 Å². The van der Waals surface area contributed by atoms with Crippen LogP contribution in [0.4, 0.5) is 0 Å². The zero-order chi connectivity index (χ0) is 13.9. The van der Waals surface area contributed by atoms with Gasteiger partial charge < -0.3 is 14.6 Å². The molecule has 18 heavy (non-hydrogen) atoms. The minimum absolute atomic E-state index is 0.0507. The molecular weight excluding hydrogens is 232 g/mol. The van der Waals surface area contributed by atoms with Crippen LogP contribution in [0.1, 0.15) is 31.4 Å². The van der Waals surface area contributed by atoms with Gasteiger partial charge in [-0.3, -0.25) is 4.79 Å². The summed E-state index contributed by atoms with van der Waals surface area (Å²) in [6.07, 6.45) is 0.0507. The molecule has 0 amide bonds. The summed E-state index contributed by atoms with van der Waals surface area (Å²) >= 11 is 0. The van der Waals surface area contributed by atoms with Crippen LogP contribution in [0, 0.1) is 6.92 Å². The molecule has 1 rings (SSSR count). The maximum atomic E-state index is 10.9. The van der Waals surface area contributed by atoms with Crippen LogP contribution >= 0.6 is 0 Å². The second-order valence-corrected chi connectivity index (χ2v) is 4.93. The second-order valence-electron chi connectivity index (χ2n) is 4.93. The van der Waals surface area contributed by atoms with E-state index in [0.717, 1.165) is 16.9 Å². The average Bonchev–Trinajstić information content (AvgIpc) is 2.26. The highest BCUT2D eigenvalue weighted by Crippen LogP contribution is 2.39. The van der Waals surface area contributed by atoms with Crippen molar-refractivity contribution in [1.29, 1.82) is 0 Å². The smallest absolute Gasteiger partial charge is 0.304 e. The molecule has 0 aromatic heterocycles. The summed E-state index contributed by atoms with van der Waals surface area (Å²) in [7, 11) is 3.19. The number of rotatable bonds is 5. The number of ether oxygens (including phenoxy) is 2. The Kier molecular flexibility index (Phi) is 4.22. The first kappa shape index (κ1) is 14.4. The Balaban J connectivity index is 3.32. The molecule has 0 saturated carbocycles. The molecule has 0 fully saturated rings. The minimum atomic E-state index is -0.824. The third-order valence-corrected chi connectivity index (χ3v) is 3.10. The molecule has 0 bridgehead atoms. The number of hydrogen-bond acceptors (Lipinski definition) is 3. The van der Waals surface area contributed by atoms with Gasteiger partial charge in [-0.15, -0.1) is 0 Å². The van der Waals surface area contributed by atoms with Gasteiger partial charge in [0.2, 0.25) is 0 Å². The Morgan fingerprint density at radius 1 is 1.28 bits per heavy atom. The number of aliphatic carboxylic acids is 1. The van der Waals surface area contributed by atoms with Crippen molar-refractivity contribution < 1.29 is 19.4 Å². The van der Waals surface area contributed by atoms with Crippen molar-refractivity contribution in [3.05, 3.63) is 23.3 Å². The van der Waals surface area contributed by atoms with Gasteiger partial charge >= 0.3 is 5.97 Å². The van der Waals surface area contributed by atoms with Crippen LogP contribution in [-0.4, -0.2) is 25.3 Å². The Morgan fingerprint density at radius 3 is 2.33 bits per heavy atom. The lowest BCUT2D eigenvalue weighted by molar-refractivity contribution is -0.138. The number of hydrogen-bond donors (Lipinski definition) is 1. The molecule has 0 atom stereocenters. The van der Waals surface area contributed by atoms with E-state index in [2.05, 4.69) is 0 Å². The van der Waals surface area contributed by atoms with Crippen molar-refractivity contribution in [2.75, 3.05) is 14.2 Å². The molecule has 0 saturated heterocycles. The standard InChI is InChI=1S/C14H20O4/c1-9-11(17-4)7-6-10(13(9)18-5)14(2,3)8-12(15)16/h6-7H,8H2,1-5H3,(H,15,16). The molecule has 0 spiro atoms. The monoisotopic (exact) mass is 252 g/mol. The molecule has 1 aromatic carbocycles. The van der Waals surface area contributed by atoms with Crippen molar-refractivity contribution in [3.63, 3.8) is 0 Å². The maximum Gasteiger partial charge on any atom is 0.304 e. The van der Waals surface area contributed by atoms with E-state index in [9.17, 15) is 4.79 Å². The molecular formula is C14H20O4.